The van der Waals surface area contributed by atoms with Gasteiger partial charge in [-0.05, 0) is 6.07 Å². The molecule has 0 aliphatic rings. The van der Waals surface area contributed by atoms with Crippen LogP contribution in [0, 0.1) is 0 Å². The average Bonchev–Trinajstić information content (AvgIpc) is 1.92. The molecule has 0 unspecified atom stereocenters. The maximum atomic E-state index is 12.0. The van der Waals surface area contributed by atoms with Crippen molar-refractivity contribution in [2.75, 3.05) is 11.5 Å². The van der Waals surface area contributed by atoms with Gasteiger partial charge in [0.1, 0.15) is 5.82 Å². The van der Waals surface area contributed by atoms with E-state index >= 15 is 0 Å². The van der Waals surface area contributed by atoms with Crippen LogP contribution in [0.1, 0.15) is 13.0 Å². The number of pyridine rings is 1. The Bertz CT molecular complexity index is 296. The van der Waals surface area contributed by atoms with Gasteiger partial charge >= 0.3 is 6.18 Å². The Balaban J connectivity index is 0.00000144. The van der Waals surface area contributed by atoms with Crippen LogP contribution in [0.15, 0.2) is 12.3 Å². The van der Waals surface area contributed by atoms with Crippen molar-refractivity contribution in [3.63, 3.8) is 0 Å². The number of aromatic nitrogens is 1. The number of nitrogens with two attached hydrogens (primary N) is 2. The van der Waals surface area contributed by atoms with Gasteiger partial charge in [0.2, 0.25) is 0 Å². The normalized spacial score (nSPS) is 10.7. The van der Waals surface area contributed by atoms with Crippen LogP contribution in [-0.2, 0) is 6.18 Å². The summed E-state index contributed by atoms with van der Waals surface area (Å²) < 4.78 is 35.9. The predicted molar refractivity (Wildman–Crippen MR) is 44.8 cm³/mol. The van der Waals surface area contributed by atoms with Crippen LogP contribution in [0.25, 0.3) is 0 Å². The SMILES string of the molecule is C.Nc1cc(C(F)(F)F)cnc1N. The summed E-state index contributed by atoms with van der Waals surface area (Å²) >= 11 is 0. The van der Waals surface area contributed by atoms with E-state index in [4.69, 9.17) is 11.5 Å². The molecule has 1 aromatic heterocycles. The molecule has 1 heterocycles. The van der Waals surface area contributed by atoms with E-state index in [0.717, 1.165) is 6.07 Å². The topological polar surface area (TPSA) is 64.9 Å². The van der Waals surface area contributed by atoms with Crippen molar-refractivity contribution >= 4 is 11.5 Å². The molecule has 1 aromatic rings. The minimum Gasteiger partial charge on any atom is -0.396 e. The molecule has 0 saturated heterocycles. The molecule has 4 N–H and O–H groups in total. The summed E-state index contributed by atoms with van der Waals surface area (Å²) in [6.07, 6.45) is -3.78. The summed E-state index contributed by atoms with van der Waals surface area (Å²) in [5.74, 6) is -0.0944. The van der Waals surface area contributed by atoms with Crippen molar-refractivity contribution < 1.29 is 13.2 Å². The van der Waals surface area contributed by atoms with Gasteiger partial charge in [-0.25, -0.2) is 4.98 Å². The Morgan fingerprint density at radius 1 is 1.23 bits per heavy atom. The molecule has 0 aromatic carbocycles. The number of rotatable bonds is 0. The van der Waals surface area contributed by atoms with Crippen molar-refractivity contribution in [2.24, 2.45) is 0 Å². The standard InChI is InChI=1S/C6H6F3N3.CH4/c7-6(8,9)3-1-4(10)5(11)12-2-3;/h1-2H,10H2,(H2,11,12);1H4. The predicted octanol–water partition coefficient (Wildman–Crippen LogP) is 1.90. The fourth-order valence-electron chi connectivity index (χ4n) is 0.647. The summed E-state index contributed by atoms with van der Waals surface area (Å²) in [4.78, 5) is 3.28. The van der Waals surface area contributed by atoms with Gasteiger partial charge in [-0.15, -0.1) is 0 Å². The van der Waals surface area contributed by atoms with Gasteiger partial charge in [-0.3, -0.25) is 0 Å². The van der Waals surface area contributed by atoms with Gasteiger partial charge in [-0.1, -0.05) is 7.43 Å². The number of alkyl halides is 3. The smallest absolute Gasteiger partial charge is 0.396 e. The quantitative estimate of drug-likeness (QED) is 0.661. The van der Waals surface area contributed by atoms with Crippen molar-refractivity contribution in [2.45, 2.75) is 13.6 Å². The Kier molecular flexibility index (Phi) is 3.11. The first-order valence-electron chi connectivity index (χ1n) is 2.99. The van der Waals surface area contributed by atoms with Crippen LogP contribution >= 0.6 is 0 Å². The highest BCUT2D eigenvalue weighted by atomic mass is 19.4. The molecular weight excluding hydrogens is 183 g/mol. The van der Waals surface area contributed by atoms with Crippen molar-refractivity contribution in [3.8, 4) is 0 Å². The van der Waals surface area contributed by atoms with Gasteiger partial charge < -0.3 is 11.5 Å². The lowest BCUT2D eigenvalue weighted by Gasteiger charge is -2.06. The van der Waals surface area contributed by atoms with E-state index in [1.165, 1.54) is 0 Å². The van der Waals surface area contributed by atoms with Gasteiger partial charge in [-0.2, -0.15) is 13.2 Å². The van der Waals surface area contributed by atoms with E-state index in [0.29, 0.717) is 6.20 Å². The Hall–Kier alpha value is -1.46. The minimum atomic E-state index is -4.42. The zero-order chi connectivity index (χ0) is 9.35. The number of hydrogen-bond acceptors (Lipinski definition) is 3. The molecular formula is C7H10F3N3. The summed E-state index contributed by atoms with van der Waals surface area (Å²) in [6.45, 7) is 0. The molecule has 6 heteroatoms. The molecule has 0 aliphatic heterocycles. The summed E-state index contributed by atoms with van der Waals surface area (Å²) in [6, 6.07) is 0.752. The van der Waals surface area contributed by atoms with Crippen LogP contribution < -0.4 is 11.5 Å². The van der Waals surface area contributed by atoms with E-state index in [9.17, 15) is 13.2 Å². The number of anilines is 2. The fourth-order valence-corrected chi connectivity index (χ4v) is 0.647. The van der Waals surface area contributed by atoms with Gasteiger partial charge in [0, 0.05) is 6.20 Å². The van der Waals surface area contributed by atoms with Gasteiger partial charge in [0.05, 0.1) is 11.3 Å². The second kappa shape index (κ2) is 3.51. The lowest BCUT2D eigenvalue weighted by Crippen LogP contribution is -2.08. The number of nitrogen functional groups attached to an aromatic ring is 2. The molecule has 3 nitrogen and oxygen atoms in total. The largest absolute Gasteiger partial charge is 0.417 e. The first-order chi connectivity index (χ1) is 5.41. The van der Waals surface area contributed by atoms with Crippen molar-refractivity contribution in [1.29, 1.82) is 0 Å². The fraction of sp³-hybridized carbons (Fsp3) is 0.286. The zero-order valence-electron chi connectivity index (χ0n) is 5.89. The zero-order valence-corrected chi connectivity index (χ0v) is 5.89. The Morgan fingerprint density at radius 3 is 2.15 bits per heavy atom. The highest BCUT2D eigenvalue weighted by Gasteiger charge is 2.31. The summed E-state index contributed by atoms with van der Waals surface area (Å²) in [5.41, 5.74) is 9.20. The lowest BCUT2D eigenvalue weighted by atomic mass is 10.2. The molecule has 0 radical (unpaired) electrons. The molecule has 0 saturated carbocycles. The minimum absolute atomic E-state index is 0. The molecule has 0 fully saturated rings. The van der Waals surface area contributed by atoms with Crippen molar-refractivity contribution in [1.82, 2.24) is 4.98 Å². The second-order valence-electron chi connectivity index (χ2n) is 2.20. The molecule has 1 rings (SSSR count). The van der Waals surface area contributed by atoms with Crippen LogP contribution in [0.2, 0.25) is 0 Å². The molecule has 0 aliphatic carbocycles. The molecule has 0 bridgehead atoms. The number of nitrogens with zero attached hydrogens (tertiary/aromatic N) is 1. The second-order valence-corrected chi connectivity index (χ2v) is 2.20. The molecule has 74 valence electrons. The van der Waals surface area contributed by atoms with E-state index in [-0.39, 0.29) is 18.9 Å². The maximum absolute atomic E-state index is 12.0. The third-order valence-corrected chi connectivity index (χ3v) is 1.28. The van der Waals surface area contributed by atoms with Crippen LogP contribution in [0.3, 0.4) is 0 Å². The van der Waals surface area contributed by atoms with Crippen LogP contribution in [0.5, 0.6) is 0 Å². The first kappa shape index (κ1) is 11.5. The Morgan fingerprint density at radius 2 is 1.77 bits per heavy atom. The summed E-state index contributed by atoms with van der Waals surface area (Å²) in [5, 5.41) is 0. The number of hydrogen-bond donors (Lipinski definition) is 2. The Labute approximate surface area is 73.6 Å². The molecule has 0 spiro atoms. The van der Waals surface area contributed by atoms with Gasteiger partial charge in [0.15, 0.2) is 0 Å². The monoisotopic (exact) mass is 193 g/mol. The molecule has 0 atom stereocenters. The maximum Gasteiger partial charge on any atom is 0.417 e. The third-order valence-electron chi connectivity index (χ3n) is 1.28. The highest BCUT2D eigenvalue weighted by Crippen LogP contribution is 2.30. The lowest BCUT2D eigenvalue weighted by molar-refractivity contribution is -0.137. The first-order valence-corrected chi connectivity index (χ1v) is 2.99. The van der Waals surface area contributed by atoms with E-state index < -0.39 is 11.7 Å². The number of halogens is 3. The van der Waals surface area contributed by atoms with E-state index in [1.807, 2.05) is 0 Å². The average molecular weight is 193 g/mol. The van der Waals surface area contributed by atoms with Gasteiger partial charge in [0.25, 0.3) is 0 Å². The van der Waals surface area contributed by atoms with Crippen LogP contribution in [0.4, 0.5) is 24.7 Å². The summed E-state index contributed by atoms with van der Waals surface area (Å²) in [7, 11) is 0. The van der Waals surface area contributed by atoms with Crippen molar-refractivity contribution in [3.05, 3.63) is 17.8 Å². The molecule has 0 amide bonds. The molecule has 13 heavy (non-hydrogen) atoms. The third kappa shape index (κ3) is 2.50. The van der Waals surface area contributed by atoms with E-state index in [1.54, 1.807) is 0 Å². The van der Waals surface area contributed by atoms with E-state index in [2.05, 4.69) is 4.98 Å². The van der Waals surface area contributed by atoms with Crippen LogP contribution in [-0.4, -0.2) is 4.98 Å². The highest BCUT2D eigenvalue weighted by molar-refractivity contribution is 5.58.